The van der Waals surface area contributed by atoms with Crippen LogP contribution in [0.4, 0.5) is 0 Å². The summed E-state index contributed by atoms with van der Waals surface area (Å²) in [4.78, 5) is 10.7. The van der Waals surface area contributed by atoms with Crippen molar-refractivity contribution in [3.63, 3.8) is 0 Å². The summed E-state index contributed by atoms with van der Waals surface area (Å²) in [5.41, 5.74) is 0. The molecule has 96 valence electrons. The van der Waals surface area contributed by atoms with Gasteiger partial charge in [0.15, 0.2) is 6.10 Å². The van der Waals surface area contributed by atoms with Gasteiger partial charge in [-0.1, -0.05) is 13.3 Å². The zero-order valence-electron chi connectivity index (χ0n) is 10.1. The maximum absolute atomic E-state index is 10.7. The molecule has 0 aromatic carbocycles. The Kier molecular flexibility index (Phi) is 10.4. The van der Waals surface area contributed by atoms with Crippen molar-refractivity contribution in [2.24, 2.45) is 0 Å². The minimum Gasteiger partial charge on any atom is -0.479 e. The van der Waals surface area contributed by atoms with Crippen LogP contribution in [0.5, 0.6) is 0 Å². The molecule has 0 amide bonds. The van der Waals surface area contributed by atoms with Crippen molar-refractivity contribution in [1.29, 1.82) is 0 Å². The first-order chi connectivity index (χ1) is 7.72. The molecule has 0 aliphatic rings. The highest BCUT2D eigenvalue weighted by molar-refractivity contribution is 5.72. The van der Waals surface area contributed by atoms with Crippen LogP contribution in [0.15, 0.2) is 0 Å². The van der Waals surface area contributed by atoms with Gasteiger partial charge in [0.2, 0.25) is 0 Å². The molecule has 0 fully saturated rings. The Morgan fingerprint density at radius 3 is 2.56 bits per heavy atom. The molecule has 0 aromatic rings. The lowest BCUT2D eigenvalue weighted by atomic mass is 10.2. The van der Waals surface area contributed by atoms with Crippen LogP contribution in [0, 0.1) is 0 Å². The molecule has 0 rings (SSSR count). The Bertz CT molecular complexity index is 172. The first kappa shape index (κ1) is 15.3. The minimum atomic E-state index is -0.902. The van der Waals surface area contributed by atoms with Crippen molar-refractivity contribution >= 4 is 5.97 Å². The van der Waals surface area contributed by atoms with Crippen LogP contribution in [0.25, 0.3) is 0 Å². The highest BCUT2D eigenvalue weighted by Crippen LogP contribution is 2.02. The molecule has 0 spiro atoms. The van der Waals surface area contributed by atoms with Crippen LogP contribution >= 0.6 is 0 Å². The Morgan fingerprint density at radius 2 is 2.00 bits per heavy atom. The van der Waals surface area contributed by atoms with E-state index in [1.807, 2.05) is 6.92 Å². The monoisotopic (exact) mass is 234 g/mol. The number of hydrogen-bond acceptors (Lipinski definition) is 4. The molecule has 1 unspecified atom stereocenters. The van der Waals surface area contributed by atoms with Gasteiger partial charge >= 0.3 is 5.97 Å². The van der Waals surface area contributed by atoms with Crippen molar-refractivity contribution in [3.8, 4) is 0 Å². The lowest BCUT2D eigenvalue weighted by molar-refractivity contribution is -0.151. The number of carbonyl (C=O) groups is 1. The van der Waals surface area contributed by atoms with Gasteiger partial charge < -0.3 is 19.3 Å². The molecule has 1 N–H and O–H groups in total. The van der Waals surface area contributed by atoms with Gasteiger partial charge in [-0.25, -0.2) is 4.79 Å². The van der Waals surface area contributed by atoms with Crippen LogP contribution in [0.2, 0.25) is 0 Å². The average Bonchev–Trinajstić information content (AvgIpc) is 2.26. The van der Waals surface area contributed by atoms with E-state index in [9.17, 15) is 4.79 Å². The predicted molar refractivity (Wildman–Crippen MR) is 59.6 cm³/mol. The summed E-state index contributed by atoms with van der Waals surface area (Å²) in [6.45, 7) is 3.97. The van der Waals surface area contributed by atoms with E-state index < -0.39 is 12.1 Å². The molecule has 0 aromatic heterocycles. The van der Waals surface area contributed by atoms with Crippen LogP contribution in [-0.2, 0) is 19.0 Å². The highest BCUT2D eigenvalue weighted by Gasteiger charge is 2.15. The van der Waals surface area contributed by atoms with Gasteiger partial charge in [-0.15, -0.1) is 0 Å². The van der Waals surface area contributed by atoms with Gasteiger partial charge in [0.1, 0.15) is 0 Å². The quantitative estimate of drug-likeness (QED) is 0.546. The number of rotatable bonds is 11. The third-order valence-electron chi connectivity index (χ3n) is 2.01. The summed E-state index contributed by atoms with van der Waals surface area (Å²) in [5, 5.41) is 8.79. The Morgan fingerprint density at radius 1 is 1.25 bits per heavy atom. The first-order valence-corrected chi connectivity index (χ1v) is 5.63. The molecule has 5 nitrogen and oxygen atoms in total. The van der Waals surface area contributed by atoms with Crippen LogP contribution in [-0.4, -0.2) is 50.7 Å². The van der Waals surface area contributed by atoms with Crippen molar-refractivity contribution in [1.82, 2.24) is 0 Å². The summed E-state index contributed by atoms with van der Waals surface area (Å²) in [5.74, 6) is -0.902. The lowest BCUT2D eigenvalue weighted by Gasteiger charge is -2.12. The molecule has 1 atom stereocenters. The van der Waals surface area contributed by atoms with E-state index in [1.54, 1.807) is 7.11 Å². The second-order valence-electron chi connectivity index (χ2n) is 3.45. The maximum atomic E-state index is 10.7. The molecule has 0 saturated carbocycles. The third kappa shape index (κ3) is 8.64. The number of hydrogen-bond donors (Lipinski definition) is 1. The zero-order valence-corrected chi connectivity index (χ0v) is 10.1. The molecular formula is C11H22O5. The molecule has 0 aliphatic heterocycles. The standard InChI is InChI=1S/C11H22O5/c1-3-5-10(11(12)13)16-9-8-15-7-4-6-14-2/h10H,3-9H2,1-2H3,(H,12,13). The smallest absolute Gasteiger partial charge is 0.332 e. The van der Waals surface area contributed by atoms with E-state index in [-0.39, 0.29) is 0 Å². The average molecular weight is 234 g/mol. The first-order valence-electron chi connectivity index (χ1n) is 5.63. The maximum Gasteiger partial charge on any atom is 0.332 e. The lowest BCUT2D eigenvalue weighted by Crippen LogP contribution is -2.25. The Labute approximate surface area is 96.7 Å². The molecule has 5 heteroatoms. The fourth-order valence-electron chi connectivity index (χ4n) is 1.20. The van der Waals surface area contributed by atoms with Gasteiger partial charge in [0.05, 0.1) is 13.2 Å². The second-order valence-corrected chi connectivity index (χ2v) is 3.45. The molecular weight excluding hydrogens is 212 g/mol. The van der Waals surface area contributed by atoms with Gasteiger partial charge in [-0.2, -0.15) is 0 Å². The molecule has 0 saturated heterocycles. The van der Waals surface area contributed by atoms with E-state index in [1.165, 1.54) is 0 Å². The normalized spacial score (nSPS) is 12.6. The highest BCUT2D eigenvalue weighted by atomic mass is 16.5. The Hall–Kier alpha value is -0.650. The van der Waals surface area contributed by atoms with Crippen LogP contribution in [0.3, 0.4) is 0 Å². The van der Waals surface area contributed by atoms with Gasteiger partial charge in [-0.3, -0.25) is 0 Å². The van der Waals surface area contributed by atoms with Crippen LogP contribution < -0.4 is 0 Å². The molecule has 0 aliphatic carbocycles. The number of carboxylic acid groups (broad SMARTS) is 1. The topological polar surface area (TPSA) is 65.0 Å². The zero-order chi connectivity index (χ0) is 12.2. The molecule has 0 radical (unpaired) electrons. The number of carboxylic acids is 1. The summed E-state index contributed by atoms with van der Waals surface area (Å²) in [6.07, 6.45) is 1.48. The van der Waals surface area contributed by atoms with Gasteiger partial charge in [0, 0.05) is 20.3 Å². The van der Waals surface area contributed by atoms with Gasteiger partial charge in [-0.05, 0) is 12.8 Å². The number of aliphatic carboxylic acids is 1. The van der Waals surface area contributed by atoms with E-state index in [0.717, 1.165) is 12.8 Å². The van der Waals surface area contributed by atoms with Gasteiger partial charge in [0.25, 0.3) is 0 Å². The fourth-order valence-corrected chi connectivity index (χ4v) is 1.20. The fraction of sp³-hybridized carbons (Fsp3) is 0.909. The molecule has 0 heterocycles. The number of ether oxygens (including phenoxy) is 3. The van der Waals surface area contributed by atoms with E-state index in [0.29, 0.717) is 32.8 Å². The van der Waals surface area contributed by atoms with Crippen molar-refractivity contribution < 1.29 is 24.1 Å². The largest absolute Gasteiger partial charge is 0.479 e. The summed E-state index contributed by atoms with van der Waals surface area (Å²) >= 11 is 0. The summed E-state index contributed by atoms with van der Waals surface area (Å²) in [6, 6.07) is 0. The summed E-state index contributed by atoms with van der Waals surface area (Å²) < 4.78 is 15.3. The summed E-state index contributed by atoms with van der Waals surface area (Å²) in [7, 11) is 1.64. The Balaban J connectivity index is 3.37. The van der Waals surface area contributed by atoms with E-state index in [4.69, 9.17) is 19.3 Å². The number of methoxy groups -OCH3 is 1. The second kappa shape index (κ2) is 10.9. The predicted octanol–water partition coefficient (Wildman–Crippen LogP) is 1.31. The van der Waals surface area contributed by atoms with Crippen LogP contribution in [0.1, 0.15) is 26.2 Å². The third-order valence-corrected chi connectivity index (χ3v) is 2.01. The molecule has 16 heavy (non-hydrogen) atoms. The van der Waals surface area contributed by atoms with Crippen molar-refractivity contribution in [3.05, 3.63) is 0 Å². The van der Waals surface area contributed by atoms with Crippen molar-refractivity contribution in [2.75, 3.05) is 33.5 Å². The van der Waals surface area contributed by atoms with E-state index in [2.05, 4.69) is 0 Å². The van der Waals surface area contributed by atoms with E-state index >= 15 is 0 Å². The minimum absolute atomic E-state index is 0.323. The SMILES string of the molecule is CCCC(OCCOCCCOC)C(=O)O. The molecule has 0 bridgehead atoms. The van der Waals surface area contributed by atoms with Crippen molar-refractivity contribution in [2.45, 2.75) is 32.3 Å².